The molecule has 8 heteroatoms. The van der Waals surface area contributed by atoms with Crippen LogP contribution >= 0.6 is 24.8 Å². The maximum atomic E-state index is 12.0. The van der Waals surface area contributed by atoms with Crippen LogP contribution in [0.4, 0.5) is 5.69 Å². The fourth-order valence-corrected chi connectivity index (χ4v) is 2.45. The molecule has 0 saturated heterocycles. The summed E-state index contributed by atoms with van der Waals surface area (Å²) in [7, 11) is 0. The molecule has 0 spiro atoms. The molecule has 1 aromatic heterocycles. The lowest BCUT2D eigenvalue weighted by Gasteiger charge is -2.08. The van der Waals surface area contributed by atoms with Crippen molar-refractivity contribution in [2.45, 2.75) is 45.6 Å². The van der Waals surface area contributed by atoms with E-state index in [0.717, 1.165) is 55.8 Å². The normalized spacial score (nSPS) is 9.84. The Bertz CT molecular complexity index is 633. The molecule has 0 saturated carbocycles. The van der Waals surface area contributed by atoms with Crippen molar-refractivity contribution in [1.82, 2.24) is 14.8 Å². The molecule has 140 valence electrons. The summed E-state index contributed by atoms with van der Waals surface area (Å²) in [5, 5.41) is 11.0. The van der Waals surface area contributed by atoms with E-state index in [2.05, 4.69) is 15.5 Å². The molecule has 0 unspecified atom stereocenters. The number of anilines is 1. The lowest BCUT2D eigenvalue weighted by Crippen LogP contribution is -2.11. The second kappa shape index (κ2) is 12.7. The lowest BCUT2D eigenvalue weighted by atomic mass is 10.1. The van der Waals surface area contributed by atoms with E-state index in [-0.39, 0.29) is 30.7 Å². The summed E-state index contributed by atoms with van der Waals surface area (Å²) in [5.74, 6) is 0.859. The van der Waals surface area contributed by atoms with Crippen LogP contribution in [0.3, 0.4) is 0 Å². The molecule has 2 rings (SSSR count). The first-order chi connectivity index (χ1) is 11.2. The molecule has 0 bridgehead atoms. The number of halogens is 2. The largest absolute Gasteiger partial charge is 0.330 e. The minimum atomic E-state index is 0. The molecular weight excluding hydrogens is 361 g/mol. The molecule has 0 atom stereocenters. The van der Waals surface area contributed by atoms with Crippen LogP contribution in [0.5, 0.6) is 0 Å². The van der Waals surface area contributed by atoms with Gasteiger partial charge in [-0.3, -0.25) is 4.79 Å². The van der Waals surface area contributed by atoms with Gasteiger partial charge in [0.25, 0.3) is 0 Å². The summed E-state index contributed by atoms with van der Waals surface area (Å²) < 4.78 is 1.97. The summed E-state index contributed by atoms with van der Waals surface area (Å²) >= 11 is 0. The molecule has 1 amide bonds. The van der Waals surface area contributed by atoms with Gasteiger partial charge in [0.15, 0.2) is 5.82 Å². The molecule has 0 aliphatic rings. The van der Waals surface area contributed by atoms with Gasteiger partial charge in [-0.25, -0.2) is 0 Å². The Morgan fingerprint density at radius 3 is 2.68 bits per heavy atom. The number of aromatic nitrogens is 3. The highest BCUT2D eigenvalue weighted by molar-refractivity contribution is 5.91. The number of nitrogens with zero attached hydrogens (tertiary/aromatic N) is 3. The molecule has 6 nitrogen and oxygen atoms in total. The number of unbranched alkanes of at least 4 members (excludes halogenated alkanes) is 3. The zero-order chi connectivity index (χ0) is 16.5. The van der Waals surface area contributed by atoms with E-state index in [1.807, 2.05) is 35.8 Å². The van der Waals surface area contributed by atoms with Crippen molar-refractivity contribution in [3.8, 4) is 11.4 Å². The van der Waals surface area contributed by atoms with Crippen LogP contribution < -0.4 is 11.1 Å². The zero-order valence-corrected chi connectivity index (χ0v) is 16.1. The van der Waals surface area contributed by atoms with Gasteiger partial charge in [0.1, 0.15) is 6.33 Å². The first kappa shape index (κ1) is 23.4. The van der Waals surface area contributed by atoms with Crippen molar-refractivity contribution in [2.24, 2.45) is 5.73 Å². The van der Waals surface area contributed by atoms with Crippen LogP contribution in [-0.4, -0.2) is 27.2 Å². The molecule has 3 N–H and O–H groups in total. The van der Waals surface area contributed by atoms with E-state index in [9.17, 15) is 4.79 Å². The SMILES string of the molecule is CCn1cnnc1-c1cccc(NC(=O)CCCCCCN)c1.Cl.Cl. The Morgan fingerprint density at radius 1 is 1.20 bits per heavy atom. The molecule has 0 aliphatic carbocycles. The van der Waals surface area contributed by atoms with Crippen LogP contribution in [-0.2, 0) is 11.3 Å². The van der Waals surface area contributed by atoms with Crippen molar-refractivity contribution < 1.29 is 4.79 Å². The fourth-order valence-electron chi connectivity index (χ4n) is 2.45. The molecule has 0 radical (unpaired) electrons. The van der Waals surface area contributed by atoms with Gasteiger partial charge in [0.05, 0.1) is 0 Å². The van der Waals surface area contributed by atoms with Gasteiger partial charge in [0, 0.05) is 24.2 Å². The van der Waals surface area contributed by atoms with E-state index in [4.69, 9.17) is 5.73 Å². The highest BCUT2D eigenvalue weighted by Gasteiger charge is 2.08. The Labute approximate surface area is 161 Å². The molecular formula is C17H27Cl2N5O. The average molecular weight is 388 g/mol. The van der Waals surface area contributed by atoms with Crippen LogP contribution in [0.1, 0.15) is 39.0 Å². The van der Waals surface area contributed by atoms with E-state index in [0.29, 0.717) is 6.42 Å². The van der Waals surface area contributed by atoms with Crippen molar-refractivity contribution in [1.29, 1.82) is 0 Å². The standard InChI is InChI=1S/C17H25N5O.2ClH/c1-2-22-13-19-21-17(22)14-8-7-9-15(12-14)20-16(23)10-5-3-4-6-11-18;;/h7-9,12-13H,2-6,10-11,18H2,1H3,(H,20,23);2*1H. The number of nitrogens with two attached hydrogens (primary N) is 1. The number of amides is 1. The second-order valence-corrected chi connectivity index (χ2v) is 5.52. The minimum Gasteiger partial charge on any atom is -0.330 e. The predicted molar refractivity (Wildman–Crippen MR) is 106 cm³/mol. The first-order valence-electron chi connectivity index (χ1n) is 8.22. The van der Waals surface area contributed by atoms with E-state index >= 15 is 0 Å². The number of nitrogens with one attached hydrogen (secondary N) is 1. The van der Waals surface area contributed by atoms with Gasteiger partial charge in [-0.2, -0.15) is 0 Å². The fraction of sp³-hybridized carbons (Fsp3) is 0.471. The highest BCUT2D eigenvalue weighted by atomic mass is 35.5. The van der Waals surface area contributed by atoms with Crippen LogP contribution in [0.25, 0.3) is 11.4 Å². The van der Waals surface area contributed by atoms with Crippen molar-refractivity contribution >= 4 is 36.4 Å². The van der Waals surface area contributed by atoms with E-state index in [1.54, 1.807) is 6.33 Å². The summed E-state index contributed by atoms with van der Waals surface area (Å²) in [5.41, 5.74) is 7.20. The third kappa shape index (κ3) is 7.42. The third-order valence-electron chi connectivity index (χ3n) is 3.72. The number of carbonyl (C=O) groups excluding carboxylic acids is 1. The van der Waals surface area contributed by atoms with Gasteiger partial charge in [-0.1, -0.05) is 25.0 Å². The maximum absolute atomic E-state index is 12.0. The van der Waals surface area contributed by atoms with E-state index < -0.39 is 0 Å². The number of hydrogen-bond acceptors (Lipinski definition) is 4. The molecule has 1 heterocycles. The number of carbonyl (C=O) groups is 1. The second-order valence-electron chi connectivity index (χ2n) is 5.52. The van der Waals surface area contributed by atoms with Gasteiger partial charge < -0.3 is 15.6 Å². The summed E-state index contributed by atoms with van der Waals surface area (Å²) in [6.45, 7) is 3.58. The Hall–Kier alpha value is -1.63. The third-order valence-corrected chi connectivity index (χ3v) is 3.72. The number of aryl methyl sites for hydroxylation is 1. The molecule has 0 aliphatic heterocycles. The minimum absolute atomic E-state index is 0. The average Bonchev–Trinajstić information content (AvgIpc) is 3.03. The summed E-state index contributed by atoms with van der Waals surface area (Å²) in [6.07, 6.45) is 6.32. The Morgan fingerprint density at radius 2 is 1.96 bits per heavy atom. The molecule has 25 heavy (non-hydrogen) atoms. The van der Waals surface area contributed by atoms with Crippen LogP contribution in [0, 0.1) is 0 Å². The number of rotatable bonds is 9. The predicted octanol–water partition coefficient (Wildman–Crippen LogP) is 3.66. The molecule has 0 fully saturated rings. The van der Waals surface area contributed by atoms with E-state index in [1.165, 1.54) is 0 Å². The van der Waals surface area contributed by atoms with Crippen molar-refractivity contribution in [3.63, 3.8) is 0 Å². The van der Waals surface area contributed by atoms with Crippen molar-refractivity contribution in [3.05, 3.63) is 30.6 Å². The monoisotopic (exact) mass is 387 g/mol. The van der Waals surface area contributed by atoms with Gasteiger partial charge in [0.2, 0.25) is 5.91 Å². The highest BCUT2D eigenvalue weighted by Crippen LogP contribution is 2.21. The Kier molecular flexibility index (Phi) is 11.9. The van der Waals surface area contributed by atoms with Gasteiger partial charge in [-0.15, -0.1) is 35.0 Å². The quantitative estimate of drug-likeness (QED) is 0.642. The smallest absolute Gasteiger partial charge is 0.224 e. The van der Waals surface area contributed by atoms with Gasteiger partial charge in [-0.05, 0) is 38.4 Å². The Balaban J connectivity index is 0.00000288. The maximum Gasteiger partial charge on any atom is 0.224 e. The topological polar surface area (TPSA) is 85.8 Å². The van der Waals surface area contributed by atoms with Crippen LogP contribution in [0.2, 0.25) is 0 Å². The first-order valence-corrected chi connectivity index (χ1v) is 8.22. The zero-order valence-electron chi connectivity index (χ0n) is 14.5. The lowest BCUT2D eigenvalue weighted by molar-refractivity contribution is -0.116. The number of hydrogen-bond donors (Lipinski definition) is 2. The molecule has 2 aromatic rings. The van der Waals surface area contributed by atoms with Gasteiger partial charge >= 0.3 is 0 Å². The summed E-state index contributed by atoms with van der Waals surface area (Å²) in [4.78, 5) is 12.0. The molecule has 1 aromatic carbocycles. The summed E-state index contributed by atoms with van der Waals surface area (Å²) in [6, 6.07) is 7.71. The van der Waals surface area contributed by atoms with Crippen LogP contribution in [0.15, 0.2) is 30.6 Å². The van der Waals surface area contributed by atoms with Crippen molar-refractivity contribution in [2.75, 3.05) is 11.9 Å². The number of benzene rings is 1.